The molecule has 0 saturated carbocycles. The molecule has 4 aliphatic rings. The number of halogens is 1. The number of aromatic hydroxyl groups is 5. The summed E-state index contributed by atoms with van der Waals surface area (Å²) in [5, 5.41) is 130. The average molecular weight is 1920 g/mol. The van der Waals surface area contributed by atoms with Gasteiger partial charge in [-0.15, -0.1) is 0 Å². The number of hydrogen-bond acceptors (Lipinski definition) is 23. The second kappa shape index (κ2) is 37.9. The van der Waals surface area contributed by atoms with Crippen molar-refractivity contribution in [3.63, 3.8) is 0 Å². The number of phenols is 5. The number of ether oxygens (including phenoxy) is 2. The molecule has 1 saturated heterocycles. The number of nitriles is 2. The van der Waals surface area contributed by atoms with Gasteiger partial charge in [-0.05, 0) is 329 Å². The Hall–Kier alpha value is -18.1. The number of hydrogen-bond donors (Lipinski definition) is 11. The summed E-state index contributed by atoms with van der Waals surface area (Å²) in [6.07, 6.45) is 17.8. The number of anilines is 1. The van der Waals surface area contributed by atoms with Crippen molar-refractivity contribution in [1.82, 2.24) is 75.9 Å². The Kier molecular flexibility index (Phi) is 23.7. The molecular formula is C111H83BrN20O9. The number of aromatic amines is 5. The number of benzene rings is 12. The van der Waals surface area contributed by atoms with Gasteiger partial charge in [0.1, 0.15) is 69.2 Å². The monoisotopic (exact) mass is 1920 g/mol. The number of aliphatic hydroxyl groups is 1. The number of amides is 1. The number of rotatable bonds is 13. The van der Waals surface area contributed by atoms with Gasteiger partial charge in [0.25, 0.3) is 0 Å². The molecule has 1 unspecified atom stereocenters. The molecule has 1 fully saturated rings. The third-order valence-electron chi connectivity index (χ3n) is 25.9. The van der Waals surface area contributed by atoms with Crippen molar-refractivity contribution < 1.29 is 44.9 Å². The van der Waals surface area contributed by atoms with Crippen LogP contribution in [0, 0.1) is 22.7 Å². The molecule has 30 heteroatoms. The maximum absolute atomic E-state index is 12.4. The number of carbonyl (C=O) groups is 1. The fourth-order valence-corrected chi connectivity index (χ4v) is 19.4. The van der Waals surface area contributed by atoms with Crippen LogP contribution in [0.4, 0.5) is 5.69 Å². The Balaban J connectivity index is 0.000000101. The van der Waals surface area contributed by atoms with Gasteiger partial charge < -0.3 is 45.0 Å². The van der Waals surface area contributed by atoms with E-state index >= 15 is 0 Å². The number of aryl methyl sites for hydroxylation is 2. The molecule has 12 heterocycles. The van der Waals surface area contributed by atoms with E-state index in [0.717, 1.165) is 250 Å². The van der Waals surface area contributed by atoms with E-state index in [1.54, 1.807) is 104 Å². The van der Waals surface area contributed by atoms with Crippen LogP contribution in [-0.2, 0) is 30.5 Å². The largest absolute Gasteiger partial charge is 0.508 e. The van der Waals surface area contributed by atoms with Gasteiger partial charge in [-0.1, -0.05) is 15.9 Å². The minimum Gasteiger partial charge on any atom is -0.508 e. The van der Waals surface area contributed by atoms with Crippen LogP contribution >= 0.6 is 15.9 Å². The van der Waals surface area contributed by atoms with E-state index < -0.39 is 0 Å². The normalized spacial score (nSPS) is 13.7. The number of aromatic nitrogens is 15. The molecule has 0 spiro atoms. The first-order chi connectivity index (χ1) is 69.1. The zero-order valence-corrected chi connectivity index (χ0v) is 76.8. The van der Waals surface area contributed by atoms with Crippen LogP contribution < -0.4 is 14.4 Å². The lowest BCUT2D eigenvalue weighted by Gasteiger charge is -2.22. The second-order valence-electron chi connectivity index (χ2n) is 34.7. The first kappa shape index (κ1) is 88.2. The Labute approximate surface area is 810 Å². The number of fused-ring (bicyclic) bond motifs is 19. The molecule has 688 valence electrons. The van der Waals surface area contributed by atoms with Gasteiger partial charge in [-0.25, -0.2) is 24.9 Å². The maximum atomic E-state index is 12.4. The molecule has 2 aliphatic carbocycles. The summed E-state index contributed by atoms with van der Waals surface area (Å²) < 4.78 is 13.5. The SMILES string of the molecule is N#Cc1ccc(Oc2cc(-c3ccc(O)cc3)nc3ccc4[nH]ncc4c23)cc1.N#Cc1n[nH]c2ccc3nc(-c4ccc(O)cc4)c4c(c3c12)CCCC4.O=C1CCCN1c1cc(-c2ccc(O)cc2)nc2ccc3[nH]ncc3c12.OCCC1C=C(c2n[nH]c3ccc4nc(-c5ccc(O)cc5)c5c(c4c23)CCCC5)N=N1.Oc1ccc(-c2cc(Oc3ccc(Br)cc3)c3c(ccc4[nH]ncc43)n2)cc1. The third kappa shape index (κ3) is 17.4. The van der Waals surface area contributed by atoms with Crippen LogP contribution in [0.1, 0.15) is 84.2 Å². The molecule has 12 aromatic carbocycles. The lowest BCUT2D eigenvalue weighted by molar-refractivity contribution is -0.117. The Morgan fingerprint density at radius 3 is 1.24 bits per heavy atom. The summed E-state index contributed by atoms with van der Waals surface area (Å²) in [6.45, 7) is 0.788. The second-order valence-corrected chi connectivity index (χ2v) is 35.6. The Morgan fingerprint density at radius 1 is 0.390 bits per heavy atom. The molecule has 2 aliphatic heterocycles. The van der Waals surface area contributed by atoms with Gasteiger partial charge in [0.2, 0.25) is 5.91 Å². The summed E-state index contributed by atoms with van der Waals surface area (Å²) in [6, 6.07) is 79.6. The van der Waals surface area contributed by atoms with Gasteiger partial charge in [0.05, 0.1) is 136 Å². The predicted octanol–water partition coefficient (Wildman–Crippen LogP) is 24.0. The summed E-state index contributed by atoms with van der Waals surface area (Å²) in [5.74, 6) is 3.95. The quantitative estimate of drug-likeness (QED) is 0.0511. The molecule has 0 bridgehead atoms. The standard InChI is InChI=1S/C25H23N5O2.C23H14N4O2.C22H14BrN3O2.C21H16N4O.C20H16N4O2/c31-12-11-15-13-21(29-27-15)25-23-20(28-30-25)10-9-19-22(23)17-3-1-2-4-18(17)24(26-19)14-5-7-16(32)8-6-14;24-12-14-1-7-17(8-2-14)29-22-11-21(15-3-5-16(28)6-4-15)26-20-10-9-19-18(23(20)22)13-25-27-19;23-14-3-7-16(8-4-14)28-21-11-20(13-1-5-15(27)6-2-13)25-19-10-9-18-17(22(19)21)12-24-26-18;22-11-18-20-17(24-25-18)10-9-16-19(20)14-3-1-2-4-15(14)21(23-16)12-5-7-13(26)8-6-12;25-13-5-3-12(4-6-13)17-10-18(24-9-1-2-19(24)26)20-14-11-21-23-15(14)7-8-16(20)22-17/h5-10,13,15,31-32H,1-4,11-12H2,(H,28,30);1-11,13,28H,(H,25,27);1-12,27H,(H,24,26);5-10,26H,1-4H2,(H,24,25);3-8,10-11,25H,1-2,9H2,(H,21,23). The van der Waals surface area contributed by atoms with E-state index in [-0.39, 0.29) is 47.3 Å². The van der Waals surface area contributed by atoms with Crippen molar-refractivity contribution in [2.75, 3.05) is 18.1 Å². The number of pyridine rings is 5. The number of nitrogens with zero attached hydrogens (tertiary/aromatic N) is 15. The predicted molar refractivity (Wildman–Crippen MR) is 546 cm³/mol. The zero-order valence-electron chi connectivity index (χ0n) is 75.2. The lowest BCUT2D eigenvalue weighted by atomic mass is 9.85. The van der Waals surface area contributed by atoms with Gasteiger partial charge in [0, 0.05) is 107 Å². The zero-order chi connectivity index (χ0) is 95.9. The highest BCUT2D eigenvalue weighted by Gasteiger charge is 2.30. The molecular weight excluding hydrogens is 1840 g/mol. The number of carbonyl (C=O) groups excluding carboxylic acids is 1. The Bertz CT molecular complexity index is 8800. The molecule has 1 amide bonds. The van der Waals surface area contributed by atoms with E-state index in [0.29, 0.717) is 47.9 Å². The van der Waals surface area contributed by atoms with E-state index in [1.165, 1.54) is 22.3 Å². The number of aliphatic hydroxyl groups excluding tert-OH is 1. The molecule has 10 aromatic heterocycles. The first-order valence-corrected chi connectivity index (χ1v) is 46.9. The number of azo groups is 1. The molecule has 1 atom stereocenters. The average Bonchev–Trinajstić information content (AvgIpc) is 1.64. The fourth-order valence-electron chi connectivity index (χ4n) is 19.2. The highest BCUT2D eigenvalue weighted by Crippen LogP contribution is 2.47. The summed E-state index contributed by atoms with van der Waals surface area (Å²) in [5.41, 5.74) is 26.3. The smallest absolute Gasteiger partial charge is 0.227 e. The van der Waals surface area contributed by atoms with E-state index in [4.69, 9.17) is 39.7 Å². The van der Waals surface area contributed by atoms with E-state index in [1.807, 2.05) is 169 Å². The summed E-state index contributed by atoms with van der Waals surface area (Å²) in [4.78, 5) is 38.7. The maximum Gasteiger partial charge on any atom is 0.227 e. The summed E-state index contributed by atoms with van der Waals surface area (Å²) in [7, 11) is 0. The topological polar surface area (TPSA) is 440 Å². The van der Waals surface area contributed by atoms with Crippen molar-refractivity contribution in [1.29, 1.82) is 10.5 Å². The van der Waals surface area contributed by atoms with Crippen molar-refractivity contribution >= 4 is 142 Å². The molecule has 29 nitrogen and oxygen atoms in total. The molecule has 141 heavy (non-hydrogen) atoms. The molecule has 26 rings (SSSR count). The highest BCUT2D eigenvalue weighted by atomic mass is 79.9. The Morgan fingerprint density at radius 2 is 0.794 bits per heavy atom. The number of nitrogens with one attached hydrogen (secondary N) is 5. The molecule has 22 aromatic rings. The fraction of sp³-hybridized carbons (Fsp3) is 0.126. The summed E-state index contributed by atoms with van der Waals surface area (Å²) >= 11 is 3.45. The van der Waals surface area contributed by atoms with E-state index in [2.05, 4.69) is 95.4 Å². The number of phenolic OH excluding ortho intramolecular Hbond substituents is 5. The van der Waals surface area contributed by atoms with Crippen LogP contribution in [0.25, 0.3) is 171 Å². The van der Waals surface area contributed by atoms with Crippen molar-refractivity contribution in [3.8, 4) is 120 Å². The lowest BCUT2D eigenvalue weighted by Crippen LogP contribution is -2.24. The highest BCUT2D eigenvalue weighted by molar-refractivity contribution is 9.10. The van der Waals surface area contributed by atoms with Crippen LogP contribution in [0.5, 0.6) is 51.7 Å². The van der Waals surface area contributed by atoms with Gasteiger partial charge in [-0.2, -0.15) is 46.2 Å². The minimum atomic E-state index is -0.107. The first-order valence-electron chi connectivity index (χ1n) is 46.1. The van der Waals surface area contributed by atoms with Crippen LogP contribution in [0.2, 0.25) is 0 Å². The molecule has 11 N–H and O–H groups in total. The van der Waals surface area contributed by atoms with Crippen LogP contribution in [-0.4, -0.2) is 132 Å². The third-order valence-corrected chi connectivity index (χ3v) is 26.4. The van der Waals surface area contributed by atoms with Gasteiger partial charge in [-0.3, -0.25) is 30.3 Å². The van der Waals surface area contributed by atoms with Crippen LogP contribution in [0.15, 0.2) is 288 Å². The van der Waals surface area contributed by atoms with Crippen molar-refractivity contribution in [2.45, 2.75) is 76.7 Å². The number of H-pyrrole nitrogens is 5. The van der Waals surface area contributed by atoms with Crippen LogP contribution in [0.3, 0.4) is 0 Å². The van der Waals surface area contributed by atoms with Crippen molar-refractivity contribution in [3.05, 3.63) is 317 Å². The van der Waals surface area contributed by atoms with E-state index in [9.17, 15) is 40.7 Å². The minimum absolute atomic E-state index is 0.0785. The van der Waals surface area contributed by atoms with Gasteiger partial charge in [0.15, 0.2) is 5.69 Å². The van der Waals surface area contributed by atoms with Crippen molar-refractivity contribution in [2.24, 2.45) is 10.2 Å². The van der Waals surface area contributed by atoms with Gasteiger partial charge >= 0.3 is 0 Å². The molecule has 0 radical (unpaired) electrons.